The first-order valence-corrected chi connectivity index (χ1v) is 5.41. The maximum atomic E-state index is 11.6. The summed E-state index contributed by atoms with van der Waals surface area (Å²) in [6, 6.07) is 4.19. The lowest BCUT2D eigenvalue weighted by molar-refractivity contribution is 0.157. The van der Waals surface area contributed by atoms with Crippen LogP contribution >= 0.6 is 11.6 Å². The summed E-state index contributed by atoms with van der Waals surface area (Å²) in [7, 11) is 0. The Morgan fingerprint density at radius 3 is 2.50 bits per heavy atom. The monoisotopic (exact) mass is 243 g/mol. The van der Waals surface area contributed by atoms with Gasteiger partial charge in [0.05, 0.1) is 0 Å². The van der Waals surface area contributed by atoms with Gasteiger partial charge in [0.25, 0.3) is 0 Å². The lowest BCUT2D eigenvalue weighted by Gasteiger charge is -2.17. The molecular weight excluding hydrogens is 230 g/mol. The Morgan fingerprint density at radius 2 is 2.00 bits per heavy atom. The van der Waals surface area contributed by atoms with E-state index >= 15 is 0 Å². The van der Waals surface area contributed by atoms with Gasteiger partial charge in [-0.25, -0.2) is 4.79 Å². The van der Waals surface area contributed by atoms with E-state index in [0.717, 1.165) is 0 Å². The normalized spacial score (nSPS) is 9.94. The highest BCUT2D eigenvalue weighted by Crippen LogP contribution is 2.25. The van der Waals surface area contributed by atoms with Gasteiger partial charge in [-0.1, -0.05) is 11.6 Å². The Bertz CT molecular complexity index is 357. The number of hydrogen-bond donors (Lipinski definition) is 1. The van der Waals surface area contributed by atoms with E-state index in [1.165, 1.54) is 23.1 Å². The van der Waals surface area contributed by atoms with E-state index < -0.39 is 6.09 Å². The molecule has 0 aliphatic heterocycles. The first-order valence-electron chi connectivity index (χ1n) is 5.03. The highest BCUT2D eigenvalue weighted by atomic mass is 35.5. The van der Waals surface area contributed by atoms with Crippen LogP contribution in [0.25, 0.3) is 0 Å². The number of phenols is 1. The zero-order valence-electron chi connectivity index (χ0n) is 9.24. The van der Waals surface area contributed by atoms with Crippen LogP contribution in [-0.4, -0.2) is 29.2 Å². The quantitative estimate of drug-likeness (QED) is 0.888. The molecule has 5 heteroatoms. The molecule has 1 amide bonds. The van der Waals surface area contributed by atoms with Crippen LogP contribution in [0.1, 0.15) is 13.8 Å². The fourth-order valence-corrected chi connectivity index (χ4v) is 1.47. The molecule has 1 rings (SSSR count). The van der Waals surface area contributed by atoms with E-state index in [-0.39, 0.29) is 11.5 Å². The summed E-state index contributed by atoms with van der Waals surface area (Å²) < 4.78 is 5.06. The minimum atomic E-state index is -0.452. The molecular formula is C11H14ClNO3. The Kier molecular flexibility index (Phi) is 4.43. The van der Waals surface area contributed by atoms with Crippen molar-refractivity contribution in [3.8, 4) is 11.5 Å². The molecule has 1 aromatic rings. The van der Waals surface area contributed by atoms with Crippen molar-refractivity contribution in [3.05, 3.63) is 23.2 Å². The predicted octanol–water partition coefficient (Wildman–Crippen LogP) is 2.89. The second kappa shape index (κ2) is 5.61. The number of hydrogen-bond acceptors (Lipinski definition) is 3. The molecule has 0 spiro atoms. The second-order valence-electron chi connectivity index (χ2n) is 3.19. The summed E-state index contributed by atoms with van der Waals surface area (Å²) in [6.07, 6.45) is -0.452. The van der Waals surface area contributed by atoms with E-state index in [0.29, 0.717) is 18.1 Å². The van der Waals surface area contributed by atoms with Gasteiger partial charge in [-0.3, -0.25) is 0 Å². The molecule has 0 heterocycles. The molecule has 0 aliphatic rings. The maximum absolute atomic E-state index is 11.6. The lowest BCUT2D eigenvalue weighted by atomic mass is 10.3. The molecule has 16 heavy (non-hydrogen) atoms. The number of amides is 1. The topological polar surface area (TPSA) is 49.8 Å². The van der Waals surface area contributed by atoms with Crippen LogP contribution in [0.15, 0.2) is 18.2 Å². The van der Waals surface area contributed by atoms with Gasteiger partial charge < -0.3 is 14.7 Å². The van der Waals surface area contributed by atoms with E-state index in [4.69, 9.17) is 16.3 Å². The van der Waals surface area contributed by atoms with Gasteiger partial charge in [-0.05, 0) is 26.0 Å². The van der Waals surface area contributed by atoms with E-state index in [2.05, 4.69) is 0 Å². The Morgan fingerprint density at radius 1 is 1.38 bits per heavy atom. The van der Waals surface area contributed by atoms with Crippen LogP contribution in [0.2, 0.25) is 5.02 Å². The van der Waals surface area contributed by atoms with Gasteiger partial charge in [-0.2, -0.15) is 0 Å². The van der Waals surface area contributed by atoms with Crippen molar-refractivity contribution in [1.29, 1.82) is 0 Å². The first-order chi connectivity index (χ1) is 7.56. The fourth-order valence-electron chi connectivity index (χ4n) is 1.25. The van der Waals surface area contributed by atoms with Gasteiger partial charge in [0.1, 0.15) is 11.5 Å². The SMILES string of the molecule is CCN(CC)C(=O)Oc1cc(O)cc(Cl)c1. The molecule has 0 aliphatic carbocycles. The average molecular weight is 244 g/mol. The fraction of sp³-hybridized carbons (Fsp3) is 0.364. The van der Waals surface area contributed by atoms with Crippen molar-refractivity contribution in [3.63, 3.8) is 0 Å². The third-order valence-electron chi connectivity index (χ3n) is 2.08. The van der Waals surface area contributed by atoms with Gasteiger partial charge in [0.2, 0.25) is 0 Å². The number of halogens is 1. The van der Waals surface area contributed by atoms with Gasteiger partial charge in [0.15, 0.2) is 0 Å². The number of rotatable bonds is 3. The molecule has 4 nitrogen and oxygen atoms in total. The smallest absolute Gasteiger partial charge is 0.415 e. The molecule has 0 radical (unpaired) electrons. The van der Waals surface area contributed by atoms with Crippen molar-refractivity contribution < 1.29 is 14.6 Å². The van der Waals surface area contributed by atoms with Crippen LogP contribution in [-0.2, 0) is 0 Å². The molecule has 1 N–H and O–H groups in total. The largest absolute Gasteiger partial charge is 0.508 e. The van der Waals surface area contributed by atoms with Gasteiger partial charge >= 0.3 is 6.09 Å². The van der Waals surface area contributed by atoms with Crippen molar-refractivity contribution >= 4 is 17.7 Å². The Labute approximate surface area is 99.4 Å². The third kappa shape index (κ3) is 3.31. The van der Waals surface area contributed by atoms with E-state index in [9.17, 15) is 9.90 Å². The minimum Gasteiger partial charge on any atom is -0.508 e. The van der Waals surface area contributed by atoms with E-state index in [1.54, 1.807) is 0 Å². The molecule has 1 aromatic carbocycles. The molecule has 0 saturated carbocycles. The lowest BCUT2D eigenvalue weighted by Crippen LogP contribution is -2.33. The van der Waals surface area contributed by atoms with Crippen molar-refractivity contribution in [2.45, 2.75) is 13.8 Å². The number of benzene rings is 1. The predicted molar refractivity (Wildman–Crippen MR) is 62.1 cm³/mol. The molecule has 0 fully saturated rings. The standard InChI is InChI=1S/C11H14ClNO3/c1-3-13(4-2)11(15)16-10-6-8(12)5-9(14)7-10/h5-7,14H,3-4H2,1-2H3. The van der Waals surface area contributed by atoms with Crippen molar-refractivity contribution in [1.82, 2.24) is 4.90 Å². The third-order valence-corrected chi connectivity index (χ3v) is 2.30. The van der Waals surface area contributed by atoms with Crippen LogP contribution in [0.5, 0.6) is 11.5 Å². The molecule has 0 bridgehead atoms. The first kappa shape index (κ1) is 12.6. The Hall–Kier alpha value is -1.42. The molecule has 0 unspecified atom stereocenters. The summed E-state index contributed by atoms with van der Waals surface area (Å²) in [5, 5.41) is 9.59. The van der Waals surface area contributed by atoms with Crippen molar-refractivity contribution in [2.75, 3.05) is 13.1 Å². The van der Waals surface area contributed by atoms with Crippen LogP contribution in [0.3, 0.4) is 0 Å². The van der Waals surface area contributed by atoms with Crippen LogP contribution in [0.4, 0.5) is 4.79 Å². The van der Waals surface area contributed by atoms with E-state index in [1.807, 2.05) is 13.8 Å². The van der Waals surface area contributed by atoms with Gasteiger partial charge in [0, 0.05) is 24.2 Å². The number of carbonyl (C=O) groups is 1. The number of aromatic hydroxyl groups is 1. The maximum Gasteiger partial charge on any atom is 0.415 e. The summed E-state index contributed by atoms with van der Waals surface area (Å²) in [4.78, 5) is 13.1. The number of ether oxygens (including phenoxy) is 1. The number of phenolic OH excluding ortho intramolecular Hbond substituents is 1. The average Bonchev–Trinajstić information content (AvgIpc) is 2.17. The number of carbonyl (C=O) groups excluding carboxylic acids is 1. The van der Waals surface area contributed by atoms with Crippen LogP contribution in [0, 0.1) is 0 Å². The molecule has 0 atom stereocenters. The van der Waals surface area contributed by atoms with Crippen molar-refractivity contribution in [2.24, 2.45) is 0 Å². The summed E-state index contributed by atoms with van der Waals surface area (Å²) >= 11 is 5.72. The summed E-state index contributed by atoms with van der Waals surface area (Å²) in [5.41, 5.74) is 0. The van der Waals surface area contributed by atoms with Crippen LogP contribution < -0.4 is 4.74 Å². The molecule has 0 saturated heterocycles. The highest BCUT2D eigenvalue weighted by Gasteiger charge is 2.12. The zero-order valence-corrected chi connectivity index (χ0v) is 9.99. The summed E-state index contributed by atoms with van der Waals surface area (Å²) in [5.74, 6) is 0.205. The second-order valence-corrected chi connectivity index (χ2v) is 3.62. The molecule has 88 valence electrons. The highest BCUT2D eigenvalue weighted by molar-refractivity contribution is 6.30. The Balaban J connectivity index is 2.76. The molecule has 0 aromatic heterocycles. The van der Waals surface area contributed by atoms with Gasteiger partial charge in [-0.15, -0.1) is 0 Å². The minimum absolute atomic E-state index is 0.0325. The zero-order chi connectivity index (χ0) is 12.1. The number of nitrogens with zero attached hydrogens (tertiary/aromatic N) is 1. The summed E-state index contributed by atoms with van der Waals surface area (Å²) in [6.45, 7) is 4.87.